The number of unbranched alkanes of at least 4 members (excludes halogenated alkanes) is 2. The molecule has 0 bridgehead atoms. The Morgan fingerprint density at radius 2 is 2.05 bits per heavy atom. The molecule has 21 heavy (non-hydrogen) atoms. The molecule has 4 nitrogen and oxygen atoms in total. The van der Waals surface area contributed by atoms with Crippen LogP contribution in [0.2, 0.25) is 0 Å². The van der Waals surface area contributed by atoms with Gasteiger partial charge in [0, 0.05) is 11.5 Å². The molecule has 0 spiro atoms. The number of carboxylic acid groups (broad SMARTS) is 1. The van der Waals surface area contributed by atoms with Gasteiger partial charge in [0.15, 0.2) is 6.29 Å². The van der Waals surface area contributed by atoms with Gasteiger partial charge in [0.05, 0.1) is 18.8 Å². The Labute approximate surface area is 123 Å². The Bertz CT molecular complexity index is 481. The second-order valence-corrected chi connectivity index (χ2v) is 5.40. The zero-order chi connectivity index (χ0) is 15.2. The SMILES string of the molecule is CCCCCC1COC(c2ccc(C(=O)O)cc2F)OC1. The third-order valence-corrected chi connectivity index (χ3v) is 3.68. The summed E-state index contributed by atoms with van der Waals surface area (Å²) in [6, 6.07) is 3.78. The number of carboxylic acids is 1. The summed E-state index contributed by atoms with van der Waals surface area (Å²) in [5, 5.41) is 8.82. The molecule has 0 saturated carbocycles. The highest BCUT2D eigenvalue weighted by Crippen LogP contribution is 2.29. The van der Waals surface area contributed by atoms with Crippen molar-refractivity contribution in [2.24, 2.45) is 5.92 Å². The van der Waals surface area contributed by atoms with Crippen LogP contribution in [0.5, 0.6) is 0 Å². The van der Waals surface area contributed by atoms with Crippen molar-refractivity contribution in [3.63, 3.8) is 0 Å². The largest absolute Gasteiger partial charge is 0.478 e. The molecule has 0 radical (unpaired) electrons. The lowest BCUT2D eigenvalue weighted by atomic mass is 10.0. The van der Waals surface area contributed by atoms with Crippen molar-refractivity contribution >= 4 is 5.97 Å². The second kappa shape index (κ2) is 7.52. The fourth-order valence-corrected chi connectivity index (χ4v) is 2.42. The predicted molar refractivity (Wildman–Crippen MR) is 75.6 cm³/mol. The van der Waals surface area contributed by atoms with Crippen molar-refractivity contribution in [1.29, 1.82) is 0 Å². The highest BCUT2D eigenvalue weighted by atomic mass is 19.1. The summed E-state index contributed by atoms with van der Waals surface area (Å²) in [5.74, 6) is -1.40. The monoisotopic (exact) mass is 296 g/mol. The van der Waals surface area contributed by atoms with Gasteiger partial charge in [0.1, 0.15) is 5.82 Å². The van der Waals surface area contributed by atoms with Crippen molar-refractivity contribution in [2.45, 2.75) is 38.9 Å². The Kier molecular flexibility index (Phi) is 5.70. The Morgan fingerprint density at radius 1 is 1.33 bits per heavy atom. The van der Waals surface area contributed by atoms with Crippen LogP contribution in [-0.4, -0.2) is 24.3 Å². The van der Waals surface area contributed by atoms with Gasteiger partial charge < -0.3 is 14.6 Å². The summed E-state index contributed by atoms with van der Waals surface area (Å²) in [5.41, 5.74) is 0.177. The number of ether oxygens (including phenoxy) is 2. The average molecular weight is 296 g/mol. The van der Waals surface area contributed by atoms with Gasteiger partial charge in [-0.2, -0.15) is 0 Å². The van der Waals surface area contributed by atoms with Crippen molar-refractivity contribution in [3.8, 4) is 0 Å². The molecule has 1 heterocycles. The maximum absolute atomic E-state index is 13.9. The van der Waals surface area contributed by atoms with E-state index in [0.29, 0.717) is 19.1 Å². The van der Waals surface area contributed by atoms with Gasteiger partial charge in [0.25, 0.3) is 0 Å². The highest BCUT2D eigenvalue weighted by molar-refractivity contribution is 5.87. The summed E-state index contributed by atoms with van der Waals surface area (Å²) in [6.45, 7) is 3.26. The molecule has 1 fully saturated rings. The second-order valence-electron chi connectivity index (χ2n) is 5.40. The first-order valence-electron chi connectivity index (χ1n) is 7.37. The molecule has 0 aliphatic carbocycles. The minimum absolute atomic E-state index is 0.0792. The van der Waals surface area contributed by atoms with E-state index in [4.69, 9.17) is 14.6 Å². The van der Waals surface area contributed by atoms with Gasteiger partial charge in [-0.25, -0.2) is 9.18 Å². The first-order chi connectivity index (χ1) is 10.1. The van der Waals surface area contributed by atoms with E-state index in [1.54, 1.807) is 0 Å². The van der Waals surface area contributed by atoms with Crippen LogP contribution in [0.15, 0.2) is 18.2 Å². The lowest BCUT2D eigenvalue weighted by molar-refractivity contribution is -0.207. The summed E-state index contributed by atoms with van der Waals surface area (Å²) < 4.78 is 25.1. The van der Waals surface area contributed by atoms with Crippen molar-refractivity contribution in [1.82, 2.24) is 0 Å². The highest BCUT2D eigenvalue weighted by Gasteiger charge is 2.25. The van der Waals surface area contributed by atoms with Gasteiger partial charge >= 0.3 is 5.97 Å². The number of carbonyl (C=O) groups is 1. The van der Waals surface area contributed by atoms with E-state index in [-0.39, 0.29) is 11.1 Å². The Balaban J connectivity index is 1.91. The van der Waals surface area contributed by atoms with Crippen LogP contribution in [0.25, 0.3) is 0 Å². The fraction of sp³-hybridized carbons (Fsp3) is 0.562. The van der Waals surface area contributed by atoms with Crippen LogP contribution >= 0.6 is 0 Å². The molecule has 1 N–H and O–H groups in total. The standard InChI is InChI=1S/C16H21FO4/c1-2-3-4-5-11-9-20-16(21-10-11)13-7-6-12(15(18)19)8-14(13)17/h6-8,11,16H,2-5,9-10H2,1H3,(H,18,19). The lowest BCUT2D eigenvalue weighted by Gasteiger charge is -2.29. The molecule has 116 valence electrons. The minimum atomic E-state index is -1.15. The van der Waals surface area contributed by atoms with E-state index in [1.165, 1.54) is 25.0 Å². The molecule has 0 amide bonds. The number of aromatic carboxylic acids is 1. The average Bonchev–Trinajstić information content (AvgIpc) is 2.48. The topological polar surface area (TPSA) is 55.8 Å². The van der Waals surface area contributed by atoms with Crippen molar-refractivity contribution < 1.29 is 23.8 Å². The maximum Gasteiger partial charge on any atom is 0.335 e. The van der Waals surface area contributed by atoms with Crippen LogP contribution in [-0.2, 0) is 9.47 Å². The number of benzene rings is 1. The molecule has 5 heteroatoms. The number of hydrogen-bond acceptors (Lipinski definition) is 3. The van der Waals surface area contributed by atoms with Crippen LogP contribution in [0.3, 0.4) is 0 Å². The van der Waals surface area contributed by atoms with Gasteiger partial charge in [-0.3, -0.25) is 0 Å². The molecule has 1 aliphatic heterocycles. The number of rotatable bonds is 6. The Hall–Kier alpha value is -1.46. The molecule has 2 rings (SSSR count). The Morgan fingerprint density at radius 3 is 2.62 bits per heavy atom. The van der Waals surface area contributed by atoms with Crippen LogP contribution < -0.4 is 0 Å². The fourth-order valence-electron chi connectivity index (χ4n) is 2.42. The predicted octanol–water partition coefficient (Wildman–Crippen LogP) is 3.77. The maximum atomic E-state index is 13.9. The van der Waals surface area contributed by atoms with E-state index >= 15 is 0 Å². The van der Waals surface area contributed by atoms with Crippen molar-refractivity contribution in [2.75, 3.05) is 13.2 Å². The third-order valence-electron chi connectivity index (χ3n) is 3.68. The number of hydrogen-bond donors (Lipinski definition) is 1. The normalized spacial score (nSPS) is 22.2. The van der Waals surface area contributed by atoms with Gasteiger partial charge in [0.2, 0.25) is 0 Å². The van der Waals surface area contributed by atoms with Crippen molar-refractivity contribution in [3.05, 3.63) is 35.1 Å². The first kappa shape index (κ1) is 15.9. The molecular formula is C16H21FO4. The van der Waals surface area contributed by atoms with Gasteiger partial charge in [-0.05, 0) is 18.6 Å². The van der Waals surface area contributed by atoms with Gasteiger partial charge in [-0.15, -0.1) is 0 Å². The molecule has 0 atom stereocenters. The molecule has 1 aromatic carbocycles. The molecule has 1 aromatic rings. The summed E-state index contributed by atoms with van der Waals surface area (Å²) in [4.78, 5) is 10.8. The summed E-state index contributed by atoms with van der Waals surface area (Å²) in [6.07, 6.45) is 3.85. The van der Waals surface area contributed by atoms with Crippen LogP contribution in [0, 0.1) is 11.7 Å². The molecular weight excluding hydrogens is 275 g/mol. The minimum Gasteiger partial charge on any atom is -0.478 e. The zero-order valence-corrected chi connectivity index (χ0v) is 12.2. The number of halogens is 1. The van der Waals surface area contributed by atoms with E-state index in [0.717, 1.165) is 18.9 Å². The van der Waals surface area contributed by atoms with Gasteiger partial charge in [-0.1, -0.05) is 32.3 Å². The molecule has 1 aliphatic rings. The third kappa shape index (κ3) is 4.25. The van der Waals surface area contributed by atoms with E-state index < -0.39 is 18.1 Å². The zero-order valence-electron chi connectivity index (χ0n) is 12.2. The lowest BCUT2D eigenvalue weighted by Crippen LogP contribution is -2.27. The van der Waals surface area contributed by atoms with Crippen LogP contribution in [0.1, 0.15) is 54.8 Å². The van der Waals surface area contributed by atoms with E-state index in [2.05, 4.69) is 6.92 Å². The van der Waals surface area contributed by atoms with Crippen LogP contribution in [0.4, 0.5) is 4.39 Å². The first-order valence-corrected chi connectivity index (χ1v) is 7.37. The van der Waals surface area contributed by atoms with E-state index in [1.807, 2.05) is 0 Å². The summed E-state index contributed by atoms with van der Waals surface area (Å²) in [7, 11) is 0. The summed E-state index contributed by atoms with van der Waals surface area (Å²) >= 11 is 0. The smallest absolute Gasteiger partial charge is 0.335 e. The van der Waals surface area contributed by atoms with E-state index in [9.17, 15) is 9.18 Å². The quantitative estimate of drug-likeness (QED) is 0.812. The molecule has 0 aromatic heterocycles. The molecule has 0 unspecified atom stereocenters. The molecule has 1 saturated heterocycles.